The normalized spacial score (nSPS) is 18.1. The second-order valence-electron chi connectivity index (χ2n) is 5.59. The van der Waals surface area contributed by atoms with Gasteiger partial charge in [-0.15, -0.1) is 0 Å². The van der Waals surface area contributed by atoms with Gasteiger partial charge in [-0.2, -0.15) is 0 Å². The fraction of sp³-hybridized carbons (Fsp3) is 0.400. The topological polar surface area (TPSA) is 42.1 Å². The van der Waals surface area contributed by atoms with Crippen LogP contribution >= 0.6 is 0 Å². The van der Waals surface area contributed by atoms with Crippen LogP contribution in [0.1, 0.15) is 13.8 Å². The number of fused-ring (bicyclic) bond motifs is 1. The quantitative estimate of drug-likeness (QED) is 0.878. The molecule has 0 radical (unpaired) electrons. The van der Waals surface area contributed by atoms with E-state index in [0.717, 1.165) is 18.6 Å². The molecule has 2 heterocycles. The molecular formula is C15H19N3. The van der Waals surface area contributed by atoms with Crippen molar-refractivity contribution in [3.05, 3.63) is 36.5 Å². The van der Waals surface area contributed by atoms with Crippen LogP contribution in [0, 0.1) is 5.92 Å². The van der Waals surface area contributed by atoms with Crippen molar-refractivity contribution < 1.29 is 0 Å². The maximum absolute atomic E-state index is 6.36. The molecule has 1 aromatic heterocycles. The fourth-order valence-corrected chi connectivity index (χ4v) is 2.56. The van der Waals surface area contributed by atoms with Crippen LogP contribution in [0.4, 0.5) is 5.69 Å². The average molecular weight is 241 g/mol. The molecule has 1 aromatic carbocycles. The first kappa shape index (κ1) is 11.5. The molecule has 3 rings (SSSR count). The highest BCUT2D eigenvalue weighted by Crippen LogP contribution is 2.34. The summed E-state index contributed by atoms with van der Waals surface area (Å²) in [7, 11) is 0. The number of rotatable bonds is 2. The van der Waals surface area contributed by atoms with E-state index in [4.69, 9.17) is 5.73 Å². The van der Waals surface area contributed by atoms with Gasteiger partial charge in [0.15, 0.2) is 0 Å². The predicted octanol–water partition coefficient (Wildman–Crippen LogP) is 2.41. The lowest BCUT2D eigenvalue weighted by Gasteiger charge is -2.51. The van der Waals surface area contributed by atoms with E-state index < -0.39 is 0 Å². The molecule has 18 heavy (non-hydrogen) atoms. The Morgan fingerprint density at radius 3 is 2.67 bits per heavy atom. The Labute approximate surface area is 108 Å². The van der Waals surface area contributed by atoms with Crippen molar-refractivity contribution in [2.75, 3.05) is 18.0 Å². The molecule has 0 aliphatic carbocycles. The Morgan fingerprint density at radius 1 is 1.22 bits per heavy atom. The molecule has 2 aromatic rings. The number of nitrogens with zero attached hydrogens (tertiary/aromatic N) is 2. The van der Waals surface area contributed by atoms with Crippen LogP contribution in [0.2, 0.25) is 0 Å². The molecule has 0 saturated carbocycles. The average Bonchev–Trinajstić information content (AvgIpc) is 2.34. The Hall–Kier alpha value is -1.61. The number of hydrogen-bond acceptors (Lipinski definition) is 3. The van der Waals surface area contributed by atoms with Gasteiger partial charge in [-0.3, -0.25) is 4.98 Å². The molecule has 1 aliphatic rings. The van der Waals surface area contributed by atoms with Gasteiger partial charge < -0.3 is 10.6 Å². The number of aromatic nitrogens is 1. The SMILES string of the molecule is CC(C)C1(N)CN(c2ccnc3ccccc23)C1. The first-order valence-electron chi connectivity index (χ1n) is 6.48. The van der Waals surface area contributed by atoms with Crippen molar-refractivity contribution in [1.29, 1.82) is 0 Å². The van der Waals surface area contributed by atoms with Crippen LogP contribution in [0.25, 0.3) is 10.9 Å². The van der Waals surface area contributed by atoms with Crippen molar-refractivity contribution >= 4 is 16.6 Å². The monoisotopic (exact) mass is 241 g/mol. The smallest absolute Gasteiger partial charge is 0.0722 e. The van der Waals surface area contributed by atoms with Crippen LogP contribution in [0.5, 0.6) is 0 Å². The lowest BCUT2D eigenvalue weighted by molar-refractivity contribution is 0.245. The molecule has 2 N–H and O–H groups in total. The second-order valence-corrected chi connectivity index (χ2v) is 5.59. The van der Waals surface area contributed by atoms with E-state index in [1.54, 1.807) is 0 Å². The zero-order valence-electron chi connectivity index (χ0n) is 10.9. The van der Waals surface area contributed by atoms with Gasteiger partial charge in [0.1, 0.15) is 0 Å². The summed E-state index contributed by atoms with van der Waals surface area (Å²) in [6.07, 6.45) is 1.88. The Morgan fingerprint density at radius 2 is 1.94 bits per heavy atom. The van der Waals surface area contributed by atoms with Crippen LogP contribution in [-0.4, -0.2) is 23.6 Å². The van der Waals surface area contributed by atoms with Crippen molar-refractivity contribution in [2.24, 2.45) is 11.7 Å². The standard InChI is InChI=1S/C15H19N3/c1-11(2)15(16)9-18(10-15)14-7-8-17-13-6-4-3-5-12(13)14/h3-8,11H,9-10,16H2,1-2H3. The zero-order chi connectivity index (χ0) is 12.8. The van der Waals surface area contributed by atoms with Crippen molar-refractivity contribution in [1.82, 2.24) is 4.98 Å². The number of nitrogens with two attached hydrogens (primary N) is 1. The number of anilines is 1. The first-order valence-corrected chi connectivity index (χ1v) is 6.48. The minimum Gasteiger partial charge on any atom is -0.367 e. The van der Waals surface area contributed by atoms with Gasteiger partial charge in [-0.05, 0) is 18.1 Å². The molecule has 0 amide bonds. The molecule has 0 unspecified atom stereocenters. The summed E-state index contributed by atoms with van der Waals surface area (Å²) >= 11 is 0. The van der Waals surface area contributed by atoms with Crippen LogP contribution in [0.15, 0.2) is 36.5 Å². The number of benzene rings is 1. The number of pyridine rings is 1. The molecule has 0 atom stereocenters. The van der Waals surface area contributed by atoms with E-state index in [0.29, 0.717) is 5.92 Å². The lowest BCUT2D eigenvalue weighted by atomic mass is 9.80. The summed E-state index contributed by atoms with van der Waals surface area (Å²) < 4.78 is 0. The van der Waals surface area contributed by atoms with Gasteiger partial charge in [0.2, 0.25) is 0 Å². The fourth-order valence-electron chi connectivity index (χ4n) is 2.56. The van der Waals surface area contributed by atoms with E-state index in [1.165, 1.54) is 11.1 Å². The predicted molar refractivity (Wildman–Crippen MR) is 75.7 cm³/mol. The molecule has 94 valence electrons. The summed E-state index contributed by atoms with van der Waals surface area (Å²) in [6, 6.07) is 10.4. The lowest BCUT2D eigenvalue weighted by Crippen LogP contribution is -2.70. The van der Waals surface area contributed by atoms with Gasteiger partial charge in [-0.1, -0.05) is 32.0 Å². The highest BCUT2D eigenvalue weighted by molar-refractivity contribution is 5.91. The Balaban J connectivity index is 1.94. The largest absolute Gasteiger partial charge is 0.367 e. The summed E-state index contributed by atoms with van der Waals surface area (Å²) in [5, 5.41) is 1.21. The first-order chi connectivity index (χ1) is 8.60. The third-order valence-corrected chi connectivity index (χ3v) is 4.09. The highest BCUT2D eigenvalue weighted by Gasteiger charge is 2.42. The summed E-state index contributed by atoms with van der Waals surface area (Å²) in [5.41, 5.74) is 8.63. The Bertz CT molecular complexity index is 565. The molecule has 0 spiro atoms. The van der Waals surface area contributed by atoms with Crippen LogP contribution in [-0.2, 0) is 0 Å². The zero-order valence-corrected chi connectivity index (χ0v) is 10.9. The van der Waals surface area contributed by atoms with Crippen molar-refractivity contribution in [3.63, 3.8) is 0 Å². The van der Waals surface area contributed by atoms with Crippen LogP contribution < -0.4 is 10.6 Å². The maximum atomic E-state index is 6.36. The number of para-hydroxylation sites is 1. The summed E-state index contributed by atoms with van der Waals surface area (Å²) in [6.45, 7) is 6.25. The summed E-state index contributed by atoms with van der Waals surface area (Å²) in [5.74, 6) is 0.516. The van der Waals surface area contributed by atoms with Crippen LogP contribution in [0.3, 0.4) is 0 Å². The molecule has 3 nitrogen and oxygen atoms in total. The van der Waals surface area contributed by atoms with Gasteiger partial charge in [0, 0.05) is 30.4 Å². The molecule has 1 aliphatic heterocycles. The van der Waals surface area contributed by atoms with E-state index in [-0.39, 0.29) is 5.54 Å². The second kappa shape index (κ2) is 3.95. The number of hydrogen-bond donors (Lipinski definition) is 1. The molecule has 1 fully saturated rings. The van der Waals surface area contributed by atoms with E-state index >= 15 is 0 Å². The van der Waals surface area contributed by atoms with Gasteiger partial charge in [0.05, 0.1) is 11.1 Å². The Kier molecular flexibility index (Phi) is 2.52. The van der Waals surface area contributed by atoms with E-state index in [9.17, 15) is 0 Å². The van der Waals surface area contributed by atoms with Crippen molar-refractivity contribution in [3.8, 4) is 0 Å². The van der Waals surface area contributed by atoms with Crippen molar-refractivity contribution in [2.45, 2.75) is 19.4 Å². The van der Waals surface area contributed by atoms with Gasteiger partial charge >= 0.3 is 0 Å². The highest BCUT2D eigenvalue weighted by atomic mass is 15.3. The molecular weight excluding hydrogens is 222 g/mol. The summed E-state index contributed by atoms with van der Waals surface area (Å²) in [4.78, 5) is 6.75. The molecule has 3 heteroatoms. The maximum Gasteiger partial charge on any atom is 0.0722 e. The van der Waals surface area contributed by atoms with E-state index in [1.807, 2.05) is 12.3 Å². The van der Waals surface area contributed by atoms with Gasteiger partial charge in [-0.25, -0.2) is 0 Å². The molecule has 0 bridgehead atoms. The molecule has 1 saturated heterocycles. The third-order valence-electron chi connectivity index (χ3n) is 4.09. The van der Waals surface area contributed by atoms with E-state index in [2.05, 4.69) is 48.0 Å². The minimum atomic E-state index is -0.0373. The minimum absolute atomic E-state index is 0.0373. The van der Waals surface area contributed by atoms with Gasteiger partial charge in [0.25, 0.3) is 0 Å². The third kappa shape index (κ3) is 1.66.